The van der Waals surface area contributed by atoms with E-state index in [-0.39, 0.29) is 5.24 Å². The van der Waals surface area contributed by atoms with Crippen LogP contribution in [0.4, 0.5) is 15.3 Å². The molecule has 3 rings (SSSR count). The Labute approximate surface area is 166 Å². The predicted molar refractivity (Wildman–Crippen MR) is 109 cm³/mol. The molecule has 0 fully saturated rings. The summed E-state index contributed by atoms with van der Waals surface area (Å²) in [7, 11) is 3.15. The zero-order valence-electron chi connectivity index (χ0n) is 15.5. The van der Waals surface area contributed by atoms with Crippen LogP contribution in [-0.4, -0.2) is 42.0 Å². The number of nitrogens with two attached hydrogens (primary N) is 1. The van der Waals surface area contributed by atoms with E-state index in [0.717, 1.165) is 16.8 Å². The molecule has 0 bridgehead atoms. The van der Waals surface area contributed by atoms with Crippen LogP contribution in [0.3, 0.4) is 0 Å². The second kappa shape index (κ2) is 8.66. The Balaban J connectivity index is 1.79. The molecule has 9 heteroatoms. The zero-order valence-corrected chi connectivity index (χ0v) is 16.3. The number of hydrogen-bond acceptors (Lipinski definition) is 6. The molecule has 0 spiro atoms. The molecule has 0 saturated heterocycles. The Morgan fingerprint density at radius 1 is 1.18 bits per heavy atom. The molecule has 146 valence electrons. The first-order valence-electron chi connectivity index (χ1n) is 8.39. The van der Waals surface area contributed by atoms with Crippen molar-refractivity contribution >= 4 is 34.4 Å². The number of anilines is 1. The van der Waals surface area contributed by atoms with Crippen molar-refractivity contribution in [3.63, 3.8) is 0 Å². The normalized spacial score (nSPS) is 13.7. The first kappa shape index (κ1) is 19.6. The van der Waals surface area contributed by atoms with Crippen molar-refractivity contribution in [2.24, 2.45) is 10.8 Å². The standard InChI is InChI=1S/C19H20N4O4S/c1-26-16-8-5-13(9-17(16)27-2)15-11-28-19(25)23(22-15)10-12-3-6-14(7-4-12)21-18(20)24/h3-9H,10-11H2,1-2H3,(H3,20,21,24). The number of hydrazone groups is 1. The van der Waals surface area contributed by atoms with Crippen molar-refractivity contribution in [3.05, 3.63) is 53.6 Å². The lowest BCUT2D eigenvalue weighted by molar-refractivity contribution is 0.222. The zero-order chi connectivity index (χ0) is 20.1. The third kappa shape index (κ3) is 4.55. The monoisotopic (exact) mass is 400 g/mol. The molecular weight excluding hydrogens is 380 g/mol. The molecule has 2 aromatic rings. The van der Waals surface area contributed by atoms with Crippen molar-refractivity contribution < 1.29 is 19.1 Å². The summed E-state index contributed by atoms with van der Waals surface area (Å²) in [6.45, 7) is 0.319. The Kier molecular flexibility index (Phi) is 6.05. The molecule has 0 atom stereocenters. The second-order valence-corrected chi connectivity index (χ2v) is 6.84. The number of rotatable bonds is 6. The van der Waals surface area contributed by atoms with Gasteiger partial charge >= 0.3 is 11.3 Å². The van der Waals surface area contributed by atoms with Crippen LogP contribution in [0.1, 0.15) is 11.1 Å². The summed E-state index contributed by atoms with van der Waals surface area (Å²) in [5.41, 5.74) is 8.20. The number of benzene rings is 2. The first-order valence-corrected chi connectivity index (χ1v) is 9.38. The average Bonchev–Trinajstić information content (AvgIpc) is 2.70. The van der Waals surface area contributed by atoms with Gasteiger partial charge in [0.25, 0.3) is 0 Å². The third-order valence-electron chi connectivity index (χ3n) is 4.06. The highest BCUT2D eigenvalue weighted by Crippen LogP contribution is 2.30. The highest BCUT2D eigenvalue weighted by Gasteiger charge is 2.23. The van der Waals surface area contributed by atoms with Gasteiger partial charge in [-0.2, -0.15) is 5.10 Å². The van der Waals surface area contributed by atoms with Crippen LogP contribution in [0.15, 0.2) is 47.6 Å². The van der Waals surface area contributed by atoms with Crippen molar-refractivity contribution in [3.8, 4) is 11.5 Å². The number of hydrogen-bond donors (Lipinski definition) is 2. The number of carbonyl (C=O) groups excluding carboxylic acids is 2. The number of amides is 3. The highest BCUT2D eigenvalue weighted by molar-refractivity contribution is 8.14. The number of urea groups is 1. The molecule has 8 nitrogen and oxygen atoms in total. The quantitative estimate of drug-likeness (QED) is 0.774. The lowest BCUT2D eigenvalue weighted by atomic mass is 10.1. The topological polar surface area (TPSA) is 106 Å². The first-order chi connectivity index (χ1) is 13.5. The number of ether oxygens (including phenoxy) is 2. The van der Waals surface area contributed by atoms with E-state index >= 15 is 0 Å². The SMILES string of the molecule is COc1ccc(C2=NN(Cc3ccc(NC(N)=O)cc3)C(=O)SC2)cc1OC. The fourth-order valence-corrected chi connectivity index (χ4v) is 3.42. The van der Waals surface area contributed by atoms with E-state index < -0.39 is 6.03 Å². The van der Waals surface area contributed by atoms with Gasteiger partial charge in [-0.1, -0.05) is 23.9 Å². The summed E-state index contributed by atoms with van der Waals surface area (Å²) in [6, 6.07) is 12.0. The molecule has 0 aromatic heterocycles. The van der Waals surface area contributed by atoms with Crippen LogP contribution in [0, 0.1) is 0 Å². The molecule has 1 aliphatic heterocycles. The van der Waals surface area contributed by atoms with E-state index in [1.807, 2.05) is 30.3 Å². The van der Waals surface area contributed by atoms with Crippen LogP contribution in [0.25, 0.3) is 0 Å². The summed E-state index contributed by atoms with van der Waals surface area (Å²) in [6.07, 6.45) is 0. The maximum atomic E-state index is 12.3. The highest BCUT2D eigenvalue weighted by atomic mass is 32.2. The van der Waals surface area contributed by atoms with Gasteiger partial charge in [0.1, 0.15) is 0 Å². The van der Waals surface area contributed by atoms with Gasteiger partial charge < -0.3 is 20.5 Å². The van der Waals surface area contributed by atoms with Gasteiger partial charge in [0.15, 0.2) is 11.5 Å². The van der Waals surface area contributed by atoms with Gasteiger partial charge in [-0.05, 0) is 35.9 Å². The van der Waals surface area contributed by atoms with Crippen LogP contribution >= 0.6 is 11.8 Å². The molecule has 3 N–H and O–H groups in total. The Bertz CT molecular complexity index is 915. The Morgan fingerprint density at radius 3 is 2.54 bits per heavy atom. The Hall–Kier alpha value is -3.20. The van der Waals surface area contributed by atoms with Crippen LogP contribution in [0.2, 0.25) is 0 Å². The van der Waals surface area contributed by atoms with Gasteiger partial charge in [-0.3, -0.25) is 4.79 Å². The van der Waals surface area contributed by atoms with E-state index in [4.69, 9.17) is 15.2 Å². The predicted octanol–water partition coefficient (Wildman–Crippen LogP) is 3.27. The van der Waals surface area contributed by atoms with E-state index in [9.17, 15) is 9.59 Å². The third-order valence-corrected chi connectivity index (χ3v) is 4.93. The fraction of sp³-hybridized carbons (Fsp3) is 0.211. The molecular formula is C19H20N4O4S. The smallest absolute Gasteiger partial charge is 0.316 e. The lowest BCUT2D eigenvalue weighted by Gasteiger charge is -2.23. The maximum absolute atomic E-state index is 12.3. The molecule has 1 aliphatic rings. The summed E-state index contributed by atoms with van der Waals surface area (Å²) in [4.78, 5) is 23.2. The Morgan fingerprint density at radius 2 is 1.89 bits per heavy atom. The summed E-state index contributed by atoms with van der Waals surface area (Å²) < 4.78 is 10.6. The summed E-state index contributed by atoms with van der Waals surface area (Å²) >= 11 is 1.19. The number of thioether (sulfide) groups is 1. The fourth-order valence-electron chi connectivity index (χ4n) is 2.69. The molecule has 2 aromatic carbocycles. The summed E-state index contributed by atoms with van der Waals surface area (Å²) in [5, 5.41) is 8.33. The molecule has 0 saturated carbocycles. The number of primary amides is 1. The maximum Gasteiger partial charge on any atom is 0.316 e. The van der Waals surface area contributed by atoms with Crippen LogP contribution in [0.5, 0.6) is 11.5 Å². The van der Waals surface area contributed by atoms with Gasteiger partial charge in [0, 0.05) is 17.0 Å². The van der Waals surface area contributed by atoms with Crippen molar-refractivity contribution in [1.82, 2.24) is 5.01 Å². The van der Waals surface area contributed by atoms with Crippen molar-refractivity contribution in [2.45, 2.75) is 6.54 Å². The largest absolute Gasteiger partial charge is 0.493 e. The van der Waals surface area contributed by atoms with Gasteiger partial charge in [0.05, 0.1) is 26.5 Å². The number of methoxy groups -OCH3 is 2. The number of carbonyl (C=O) groups is 2. The lowest BCUT2D eigenvalue weighted by Crippen LogP contribution is -2.29. The summed E-state index contributed by atoms with van der Waals surface area (Å²) in [5.74, 6) is 1.72. The van der Waals surface area contributed by atoms with Crippen LogP contribution in [-0.2, 0) is 6.54 Å². The van der Waals surface area contributed by atoms with Crippen LogP contribution < -0.4 is 20.5 Å². The minimum absolute atomic E-state index is 0.122. The van der Waals surface area contributed by atoms with E-state index in [1.54, 1.807) is 26.4 Å². The number of nitrogens with zero attached hydrogens (tertiary/aromatic N) is 2. The van der Waals surface area contributed by atoms with Gasteiger partial charge in [-0.25, -0.2) is 9.80 Å². The molecule has 0 unspecified atom stereocenters. The van der Waals surface area contributed by atoms with E-state index in [2.05, 4.69) is 10.4 Å². The van der Waals surface area contributed by atoms with Crippen molar-refractivity contribution in [1.29, 1.82) is 0 Å². The molecule has 0 aliphatic carbocycles. The average molecular weight is 400 g/mol. The second-order valence-electron chi connectivity index (χ2n) is 5.91. The van der Waals surface area contributed by atoms with E-state index in [1.165, 1.54) is 16.8 Å². The molecule has 0 radical (unpaired) electrons. The van der Waals surface area contributed by atoms with Gasteiger partial charge in [0.2, 0.25) is 0 Å². The van der Waals surface area contributed by atoms with E-state index in [0.29, 0.717) is 29.5 Å². The minimum atomic E-state index is -0.625. The molecule has 3 amide bonds. The minimum Gasteiger partial charge on any atom is -0.493 e. The van der Waals surface area contributed by atoms with Crippen molar-refractivity contribution in [2.75, 3.05) is 25.3 Å². The molecule has 1 heterocycles. The number of nitrogens with one attached hydrogen (secondary N) is 1. The van der Waals surface area contributed by atoms with Gasteiger partial charge in [-0.15, -0.1) is 0 Å². The molecule has 28 heavy (non-hydrogen) atoms.